The summed E-state index contributed by atoms with van der Waals surface area (Å²) in [6.07, 6.45) is 3.03. The van der Waals surface area contributed by atoms with Gasteiger partial charge in [-0.2, -0.15) is 13.2 Å². The largest absolute Gasteiger partial charge is 0.401 e. The van der Waals surface area contributed by atoms with Crippen molar-refractivity contribution < 1.29 is 18.0 Å². The van der Waals surface area contributed by atoms with Gasteiger partial charge in [0.2, 0.25) is 0 Å². The summed E-state index contributed by atoms with van der Waals surface area (Å²) in [6.45, 7) is 0.198. The molecular weight excluding hydrogens is 387 g/mol. The first kappa shape index (κ1) is 20.2. The van der Waals surface area contributed by atoms with Crippen LogP contribution in [0.25, 0.3) is 0 Å². The number of nitrogens with one attached hydrogen (secondary N) is 2. The normalized spacial score (nSPS) is 27.2. The molecule has 8 heteroatoms. The van der Waals surface area contributed by atoms with E-state index in [0.29, 0.717) is 37.1 Å². The Hall–Kier alpha value is -1.12. The van der Waals surface area contributed by atoms with Crippen molar-refractivity contribution in [1.82, 2.24) is 15.5 Å². The standard InChI is InChI=1S/C20H28F3N3OS/c21-20(22,23)12-26-7-5-15(6-8-26)24-17-10-16(17)13-9-18(28-11-13)19(27)25-14-3-1-2-4-14/h9,11,14-17,24H,1-8,10,12H2,(H,25,27). The molecule has 2 saturated carbocycles. The highest BCUT2D eigenvalue weighted by atomic mass is 32.1. The van der Waals surface area contributed by atoms with Crippen molar-refractivity contribution in [3.63, 3.8) is 0 Å². The second-order valence-electron chi connectivity index (χ2n) is 8.48. The molecule has 0 spiro atoms. The van der Waals surface area contributed by atoms with Crippen LogP contribution in [0.4, 0.5) is 13.2 Å². The molecule has 2 N–H and O–H groups in total. The van der Waals surface area contributed by atoms with E-state index in [1.54, 1.807) is 0 Å². The van der Waals surface area contributed by atoms with Gasteiger partial charge in [-0.1, -0.05) is 12.8 Å². The number of nitrogens with zero attached hydrogens (tertiary/aromatic N) is 1. The smallest absolute Gasteiger partial charge is 0.349 e. The highest BCUT2D eigenvalue weighted by Crippen LogP contribution is 2.43. The molecule has 4 rings (SSSR count). The highest BCUT2D eigenvalue weighted by molar-refractivity contribution is 7.12. The third-order valence-corrected chi connectivity index (χ3v) is 7.14. The van der Waals surface area contributed by atoms with Crippen molar-refractivity contribution in [2.24, 2.45) is 0 Å². The molecule has 3 fully saturated rings. The molecule has 2 heterocycles. The van der Waals surface area contributed by atoms with Crippen LogP contribution in [-0.4, -0.2) is 54.7 Å². The summed E-state index contributed by atoms with van der Waals surface area (Å²) in [6, 6.07) is 3.03. The Labute approximate surface area is 167 Å². The first-order chi connectivity index (χ1) is 13.4. The summed E-state index contributed by atoms with van der Waals surface area (Å²) in [4.78, 5) is 14.7. The van der Waals surface area contributed by atoms with Gasteiger partial charge in [0.1, 0.15) is 0 Å². The van der Waals surface area contributed by atoms with Gasteiger partial charge in [-0.15, -0.1) is 11.3 Å². The van der Waals surface area contributed by atoms with Crippen molar-refractivity contribution in [3.8, 4) is 0 Å². The highest BCUT2D eigenvalue weighted by Gasteiger charge is 2.41. The number of likely N-dealkylation sites (tertiary alicyclic amines) is 1. The van der Waals surface area contributed by atoms with Crippen LogP contribution < -0.4 is 10.6 Å². The molecule has 1 saturated heterocycles. The monoisotopic (exact) mass is 415 g/mol. The fourth-order valence-electron chi connectivity index (χ4n) is 4.55. The Morgan fingerprint density at radius 2 is 1.86 bits per heavy atom. The second-order valence-corrected chi connectivity index (χ2v) is 9.39. The van der Waals surface area contributed by atoms with Crippen LogP contribution in [-0.2, 0) is 0 Å². The summed E-state index contributed by atoms with van der Waals surface area (Å²) in [5.74, 6) is 0.475. The second kappa shape index (κ2) is 8.32. The zero-order valence-corrected chi connectivity index (χ0v) is 16.7. The topological polar surface area (TPSA) is 44.4 Å². The molecule has 1 aromatic rings. The minimum Gasteiger partial charge on any atom is -0.349 e. The lowest BCUT2D eigenvalue weighted by atomic mass is 10.0. The van der Waals surface area contributed by atoms with Gasteiger partial charge < -0.3 is 10.6 Å². The maximum absolute atomic E-state index is 12.5. The predicted octanol–water partition coefficient (Wildman–Crippen LogP) is 3.89. The average Bonchev–Trinajstić information content (AvgIpc) is 3.03. The quantitative estimate of drug-likeness (QED) is 0.741. The van der Waals surface area contributed by atoms with Crippen molar-refractivity contribution in [2.75, 3.05) is 19.6 Å². The van der Waals surface area contributed by atoms with Crippen LogP contribution in [0, 0.1) is 0 Å². The number of amides is 1. The molecule has 0 bridgehead atoms. The van der Waals surface area contributed by atoms with E-state index in [-0.39, 0.29) is 5.91 Å². The van der Waals surface area contributed by atoms with E-state index in [1.165, 1.54) is 34.6 Å². The van der Waals surface area contributed by atoms with Crippen LogP contribution in [0.2, 0.25) is 0 Å². The molecule has 1 amide bonds. The zero-order chi connectivity index (χ0) is 19.7. The van der Waals surface area contributed by atoms with Crippen LogP contribution in [0.3, 0.4) is 0 Å². The molecule has 2 aliphatic carbocycles. The van der Waals surface area contributed by atoms with Crippen molar-refractivity contribution in [3.05, 3.63) is 21.9 Å². The predicted molar refractivity (Wildman–Crippen MR) is 104 cm³/mol. The number of carbonyl (C=O) groups is 1. The van der Waals surface area contributed by atoms with Crippen LogP contribution in [0.5, 0.6) is 0 Å². The van der Waals surface area contributed by atoms with Gasteiger partial charge in [0.25, 0.3) is 5.91 Å². The van der Waals surface area contributed by atoms with Gasteiger partial charge >= 0.3 is 6.18 Å². The number of thiophene rings is 1. The Morgan fingerprint density at radius 1 is 1.14 bits per heavy atom. The summed E-state index contributed by atoms with van der Waals surface area (Å²) < 4.78 is 37.5. The fourth-order valence-corrected chi connectivity index (χ4v) is 5.43. The molecule has 156 valence electrons. The number of halogens is 3. The molecular formula is C20H28F3N3OS. The van der Waals surface area contributed by atoms with E-state index in [1.807, 2.05) is 6.07 Å². The molecule has 0 radical (unpaired) electrons. The van der Waals surface area contributed by atoms with Crippen LogP contribution >= 0.6 is 11.3 Å². The number of alkyl halides is 3. The molecule has 0 aromatic carbocycles. The summed E-state index contributed by atoms with van der Waals surface area (Å²) in [5, 5.41) is 8.84. The first-order valence-electron chi connectivity index (χ1n) is 10.3. The van der Waals surface area contributed by atoms with E-state index < -0.39 is 12.7 Å². The molecule has 3 aliphatic rings. The molecule has 2 atom stereocenters. The van der Waals surface area contributed by atoms with Gasteiger partial charge in [0.05, 0.1) is 11.4 Å². The van der Waals surface area contributed by atoms with Crippen LogP contribution in [0.15, 0.2) is 11.4 Å². The third kappa shape index (κ3) is 5.27. The van der Waals surface area contributed by atoms with E-state index in [0.717, 1.165) is 37.0 Å². The average molecular weight is 416 g/mol. The van der Waals surface area contributed by atoms with E-state index >= 15 is 0 Å². The first-order valence-corrected chi connectivity index (χ1v) is 11.2. The lowest BCUT2D eigenvalue weighted by Crippen LogP contribution is -2.46. The molecule has 2 unspecified atom stereocenters. The van der Waals surface area contributed by atoms with Crippen molar-refractivity contribution >= 4 is 17.2 Å². The Morgan fingerprint density at radius 3 is 2.54 bits per heavy atom. The van der Waals surface area contributed by atoms with Gasteiger partial charge in [-0.3, -0.25) is 9.69 Å². The maximum atomic E-state index is 12.5. The summed E-state index contributed by atoms with van der Waals surface area (Å²) in [5.41, 5.74) is 1.22. The number of hydrogen-bond donors (Lipinski definition) is 2. The Bertz CT molecular complexity index is 678. The Balaban J connectivity index is 1.21. The number of carbonyl (C=O) groups excluding carboxylic acids is 1. The lowest BCUT2D eigenvalue weighted by molar-refractivity contribution is -0.148. The SMILES string of the molecule is O=C(NC1CCCC1)c1cc(C2CC2NC2CCN(CC(F)(F)F)CC2)cs1. The maximum Gasteiger partial charge on any atom is 0.401 e. The van der Waals surface area contributed by atoms with E-state index in [9.17, 15) is 18.0 Å². The van der Waals surface area contributed by atoms with Gasteiger partial charge in [-0.25, -0.2) is 0 Å². The fraction of sp³-hybridized carbons (Fsp3) is 0.750. The number of rotatable bonds is 6. The Kier molecular flexibility index (Phi) is 5.99. The molecule has 1 aromatic heterocycles. The van der Waals surface area contributed by atoms with E-state index in [2.05, 4.69) is 16.0 Å². The van der Waals surface area contributed by atoms with Gasteiger partial charge in [0.15, 0.2) is 0 Å². The molecule has 4 nitrogen and oxygen atoms in total. The van der Waals surface area contributed by atoms with Gasteiger partial charge in [0, 0.05) is 24.0 Å². The lowest BCUT2D eigenvalue weighted by Gasteiger charge is -2.33. The molecule has 1 aliphatic heterocycles. The van der Waals surface area contributed by atoms with Gasteiger partial charge in [-0.05, 0) is 62.2 Å². The third-order valence-electron chi connectivity index (χ3n) is 6.19. The number of hydrogen-bond acceptors (Lipinski definition) is 4. The minimum absolute atomic E-state index is 0.0466. The summed E-state index contributed by atoms with van der Waals surface area (Å²) in [7, 11) is 0. The van der Waals surface area contributed by atoms with Crippen molar-refractivity contribution in [2.45, 2.75) is 75.2 Å². The van der Waals surface area contributed by atoms with Crippen LogP contribution in [0.1, 0.15) is 66.1 Å². The number of piperidine rings is 1. The molecule has 28 heavy (non-hydrogen) atoms. The van der Waals surface area contributed by atoms with Crippen molar-refractivity contribution in [1.29, 1.82) is 0 Å². The zero-order valence-electron chi connectivity index (χ0n) is 15.9. The summed E-state index contributed by atoms with van der Waals surface area (Å²) >= 11 is 1.51. The van der Waals surface area contributed by atoms with E-state index in [4.69, 9.17) is 0 Å². The minimum atomic E-state index is -4.11.